The van der Waals surface area contributed by atoms with E-state index in [-0.39, 0.29) is 0 Å². The SMILES string of the molecule is c1ccc2c(-c3nc4ccccc4nc3-n3c4ccccc4c4cc(-n5c6ccccc6c6c7c8ccccc8n(-c8cccc9ccccc89)c7ccc65)ccc43)cccc2c1. The van der Waals surface area contributed by atoms with E-state index in [2.05, 4.69) is 214 Å². The topological polar surface area (TPSA) is 40.6 Å². The third-order valence-corrected chi connectivity index (χ3v) is 13.2. The van der Waals surface area contributed by atoms with Crippen molar-refractivity contribution in [3.05, 3.63) is 212 Å². The summed E-state index contributed by atoms with van der Waals surface area (Å²) in [5, 5.41) is 12.1. The van der Waals surface area contributed by atoms with Crippen LogP contribution < -0.4 is 0 Å². The van der Waals surface area contributed by atoms with Crippen LogP contribution in [-0.2, 0) is 0 Å². The van der Waals surface area contributed by atoms with E-state index in [0.717, 1.165) is 61.0 Å². The fraction of sp³-hybridized carbons (Fsp3) is 0. The molecule has 0 amide bonds. The van der Waals surface area contributed by atoms with Crippen LogP contribution in [0.25, 0.3) is 126 Å². The molecular weight excluding hydrogens is 767 g/mol. The molecular formula is C58H35N5. The molecule has 0 N–H and O–H groups in total. The average Bonchev–Trinajstić information content (AvgIpc) is 3.98. The zero-order valence-electron chi connectivity index (χ0n) is 33.9. The molecule has 14 aromatic rings. The molecule has 0 unspecified atom stereocenters. The quantitative estimate of drug-likeness (QED) is 0.178. The third kappa shape index (κ3) is 4.82. The maximum absolute atomic E-state index is 5.44. The summed E-state index contributed by atoms with van der Waals surface area (Å²) in [7, 11) is 0. The molecule has 0 aliphatic carbocycles. The summed E-state index contributed by atoms with van der Waals surface area (Å²) >= 11 is 0. The second-order valence-corrected chi connectivity index (χ2v) is 16.5. The molecule has 5 heteroatoms. The van der Waals surface area contributed by atoms with Gasteiger partial charge < -0.3 is 9.13 Å². The molecule has 0 atom stereocenters. The van der Waals surface area contributed by atoms with E-state index in [1.165, 1.54) is 65.5 Å². The summed E-state index contributed by atoms with van der Waals surface area (Å²) in [4.78, 5) is 10.8. The molecule has 292 valence electrons. The number of hydrogen-bond donors (Lipinski definition) is 0. The Hall–Kier alpha value is -8.54. The Balaban J connectivity index is 1.05. The lowest BCUT2D eigenvalue weighted by Gasteiger charge is -2.15. The van der Waals surface area contributed by atoms with Gasteiger partial charge in [0.1, 0.15) is 5.69 Å². The largest absolute Gasteiger partial charge is 0.309 e. The number of benzene rings is 10. The number of para-hydroxylation sites is 5. The van der Waals surface area contributed by atoms with Crippen LogP contribution in [0.3, 0.4) is 0 Å². The lowest BCUT2D eigenvalue weighted by Crippen LogP contribution is -2.04. The molecule has 0 aliphatic heterocycles. The zero-order chi connectivity index (χ0) is 41.2. The molecule has 0 radical (unpaired) electrons. The summed E-state index contributed by atoms with van der Waals surface area (Å²) in [5.41, 5.74) is 12.8. The average molecular weight is 802 g/mol. The van der Waals surface area contributed by atoms with Gasteiger partial charge in [0.2, 0.25) is 0 Å². The van der Waals surface area contributed by atoms with Crippen LogP contribution in [0.1, 0.15) is 0 Å². The Morgan fingerprint density at radius 3 is 1.52 bits per heavy atom. The van der Waals surface area contributed by atoms with Crippen molar-refractivity contribution in [3.63, 3.8) is 0 Å². The Kier molecular flexibility index (Phi) is 7.05. The first-order valence-corrected chi connectivity index (χ1v) is 21.5. The highest BCUT2D eigenvalue weighted by molar-refractivity contribution is 6.29. The van der Waals surface area contributed by atoms with E-state index in [1.807, 2.05) is 12.1 Å². The van der Waals surface area contributed by atoms with Gasteiger partial charge in [-0.2, -0.15) is 0 Å². The maximum Gasteiger partial charge on any atom is 0.165 e. The Morgan fingerprint density at radius 2 is 0.794 bits per heavy atom. The van der Waals surface area contributed by atoms with E-state index in [9.17, 15) is 0 Å². The molecule has 10 aromatic carbocycles. The highest BCUT2D eigenvalue weighted by Gasteiger charge is 2.24. The van der Waals surface area contributed by atoms with Crippen molar-refractivity contribution >= 4 is 98.0 Å². The van der Waals surface area contributed by atoms with Crippen LogP contribution in [0.15, 0.2) is 212 Å². The van der Waals surface area contributed by atoms with Crippen molar-refractivity contribution in [2.45, 2.75) is 0 Å². The number of fused-ring (bicyclic) bond motifs is 13. The third-order valence-electron chi connectivity index (χ3n) is 13.2. The molecule has 0 bridgehead atoms. The van der Waals surface area contributed by atoms with Crippen molar-refractivity contribution in [2.24, 2.45) is 0 Å². The minimum Gasteiger partial charge on any atom is -0.309 e. The van der Waals surface area contributed by atoms with Crippen molar-refractivity contribution < 1.29 is 0 Å². The van der Waals surface area contributed by atoms with Gasteiger partial charge in [-0.25, -0.2) is 9.97 Å². The number of hydrogen-bond acceptors (Lipinski definition) is 2. The smallest absolute Gasteiger partial charge is 0.165 e. The first-order valence-electron chi connectivity index (χ1n) is 21.5. The molecule has 4 aromatic heterocycles. The first kappa shape index (κ1) is 34.2. The number of nitrogens with zero attached hydrogens (tertiary/aromatic N) is 5. The van der Waals surface area contributed by atoms with Crippen LogP contribution in [0.4, 0.5) is 0 Å². The molecule has 4 heterocycles. The van der Waals surface area contributed by atoms with Gasteiger partial charge in [-0.3, -0.25) is 4.57 Å². The monoisotopic (exact) mass is 801 g/mol. The summed E-state index contributed by atoms with van der Waals surface area (Å²) in [6.07, 6.45) is 0. The normalized spacial score (nSPS) is 12.1. The fourth-order valence-electron chi connectivity index (χ4n) is 10.5. The summed E-state index contributed by atoms with van der Waals surface area (Å²) in [6, 6.07) is 76.5. The Labute approximate surface area is 360 Å². The molecule has 14 rings (SSSR count). The van der Waals surface area contributed by atoms with Gasteiger partial charge in [-0.1, -0.05) is 146 Å². The lowest BCUT2D eigenvalue weighted by molar-refractivity contribution is 1.08. The first-order chi connectivity index (χ1) is 31.3. The molecule has 0 saturated heterocycles. The van der Waals surface area contributed by atoms with Gasteiger partial charge >= 0.3 is 0 Å². The van der Waals surface area contributed by atoms with Crippen molar-refractivity contribution in [1.29, 1.82) is 0 Å². The summed E-state index contributed by atoms with van der Waals surface area (Å²) in [6.45, 7) is 0. The van der Waals surface area contributed by atoms with Gasteiger partial charge in [0.25, 0.3) is 0 Å². The molecule has 0 spiro atoms. The van der Waals surface area contributed by atoms with E-state index in [4.69, 9.17) is 9.97 Å². The highest BCUT2D eigenvalue weighted by Crippen LogP contribution is 2.44. The van der Waals surface area contributed by atoms with Crippen LogP contribution in [-0.4, -0.2) is 23.7 Å². The number of aromatic nitrogens is 5. The minimum atomic E-state index is 0.811. The van der Waals surface area contributed by atoms with E-state index in [0.29, 0.717) is 0 Å². The predicted octanol–water partition coefficient (Wildman–Crippen LogP) is 14.9. The van der Waals surface area contributed by atoms with Crippen LogP contribution in [0, 0.1) is 0 Å². The van der Waals surface area contributed by atoms with E-state index in [1.54, 1.807) is 0 Å². The van der Waals surface area contributed by atoms with E-state index >= 15 is 0 Å². The van der Waals surface area contributed by atoms with Gasteiger partial charge in [0, 0.05) is 49.0 Å². The van der Waals surface area contributed by atoms with Crippen molar-refractivity contribution in [3.8, 4) is 28.5 Å². The second-order valence-electron chi connectivity index (χ2n) is 16.5. The maximum atomic E-state index is 5.44. The molecule has 0 fully saturated rings. The van der Waals surface area contributed by atoms with Gasteiger partial charge in [-0.15, -0.1) is 0 Å². The van der Waals surface area contributed by atoms with Gasteiger partial charge in [0.05, 0.1) is 49.8 Å². The number of rotatable bonds is 4. The summed E-state index contributed by atoms with van der Waals surface area (Å²) < 4.78 is 7.24. The molecule has 0 aliphatic rings. The van der Waals surface area contributed by atoms with Crippen molar-refractivity contribution in [1.82, 2.24) is 23.7 Å². The molecule has 63 heavy (non-hydrogen) atoms. The van der Waals surface area contributed by atoms with Crippen LogP contribution in [0.2, 0.25) is 0 Å². The second kappa shape index (κ2) is 13.0. The van der Waals surface area contributed by atoms with Gasteiger partial charge in [-0.05, 0) is 82.9 Å². The zero-order valence-corrected chi connectivity index (χ0v) is 33.9. The highest BCUT2D eigenvalue weighted by atomic mass is 15.1. The van der Waals surface area contributed by atoms with E-state index < -0.39 is 0 Å². The van der Waals surface area contributed by atoms with Crippen LogP contribution in [0.5, 0.6) is 0 Å². The standard InChI is InChI=1S/C58H35N5/c1-3-19-39-36(15-1)17-13-24-42(39)57-58(60-47-26-9-8-25-46(47)59-57)63-49-27-10-5-21-41(49)45-35-38(31-32-52(45)63)61-50-28-11-6-22-43(50)55-53(61)33-34-54-56(55)44-23-7-12-29-51(44)62(54)48-30-14-18-37-16-2-4-20-40(37)48/h1-35H. The fourth-order valence-corrected chi connectivity index (χ4v) is 10.5. The predicted molar refractivity (Wildman–Crippen MR) is 263 cm³/mol. The lowest BCUT2D eigenvalue weighted by atomic mass is 10.0. The van der Waals surface area contributed by atoms with Gasteiger partial charge in [0.15, 0.2) is 5.82 Å². The minimum absolute atomic E-state index is 0.811. The molecule has 5 nitrogen and oxygen atoms in total. The van der Waals surface area contributed by atoms with Crippen LogP contribution >= 0.6 is 0 Å². The molecule has 0 saturated carbocycles. The Bertz CT molecular complexity index is 4210. The Morgan fingerprint density at radius 1 is 0.302 bits per heavy atom. The van der Waals surface area contributed by atoms with Crippen molar-refractivity contribution in [2.75, 3.05) is 0 Å². The summed E-state index contributed by atoms with van der Waals surface area (Å²) in [5.74, 6) is 0.811.